The number of aryl methyl sites for hydroxylation is 1. The third kappa shape index (κ3) is 8.12. The number of benzene rings is 1. The smallest absolute Gasteiger partial charge is 0.410 e. The van der Waals surface area contributed by atoms with Crippen molar-refractivity contribution < 1.29 is 14.3 Å². The summed E-state index contributed by atoms with van der Waals surface area (Å²) in [4.78, 5) is 20.3. The van der Waals surface area contributed by atoms with Crippen molar-refractivity contribution in [2.24, 2.45) is 10.7 Å². The predicted molar refractivity (Wildman–Crippen MR) is 123 cm³/mol. The van der Waals surface area contributed by atoms with Crippen LogP contribution in [0.2, 0.25) is 0 Å². The molecule has 1 aliphatic heterocycles. The number of methoxy groups -OCH3 is 1. The zero-order valence-corrected chi connectivity index (χ0v) is 19.6. The monoisotopic (exact) mass is 504 g/mol. The lowest BCUT2D eigenvalue weighted by atomic mass is 10.1. The van der Waals surface area contributed by atoms with Crippen LogP contribution in [-0.4, -0.2) is 67.3 Å². The van der Waals surface area contributed by atoms with Crippen molar-refractivity contribution in [2.75, 3.05) is 39.8 Å². The third-order valence-corrected chi connectivity index (χ3v) is 4.29. The first kappa shape index (κ1) is 24.3. The molecule has 0 bridgehead atoms. The molecule has 1 heterocycles. The lowest BCUT2D eigenvalue weighted by Crippen LogP contribution is -2.53. The van der Waals surface area contributed by atoms with Crippen LogP contribution in [0.3, 0.4) is 0 Å². The zero-order chi connectivity index (χ0) is 19.9. The summed E-state index contributed by atoms with van der Waals surface area (Å²) < 4.78 is 10.6. The second kappa shape index (κ2) is 11.3. The molecule has 1 amide bonds. The summed E-state index contributed by atoms with van der Waals surface area (Å²) in [6, 6.07) is 8.07. The van der Waals surface area contributed by atoms with Crippen LogP contribution in [0.15, 0.2) is 29.3 Å². The van der Waals surface area contributed by atoms with Gasteiger partial charge in [-0.1, -0.05) is 12.1 Å². The summed E-state index contributed by atoms with van der Waals surface area (Å²) in [5.41, 5.74) is 6.87. The van der Waals surface area contributed by atoms with Gasteiger partial charge in [0, 0.05) is 32.7 Å². The average Bonchev–Trinajstić information content (AvgIpc) is 2.64. The van der Waals surface area contributed by atoms with Gasteiger partial charge < -0.3 is 25.0 Å². The maximum atomic E-state index is 12.1. The average molecular weight is 504 g/mol. The van der Waals surface area contributed by atoms with E-state index in [0.29, 0.717) is 38.7 Å². The summed E-state index contributed by atoms with van der Waals surface area (Å²) in [5.74, 6) is 1.42. The molecule has 0 saturated carbocycles. The fourth-order valence-corrected chi connectivity index (χ4v) is 2.85. The molecule has 1 aromatic rings. The fourth-order valence-electron chi connectivity index (χ4n) is 2.85. The number of aliphatic imine (C=N–C) groups is 1. The predicted octanol–water partition coefficient (Wildman–Crippen LogP) is 3.11. The van der Waals surface area contributed by atoms with Gasteiger partial charge in [-0.2, -0.15) is 0 Å². The van der Waals surface area contributed by atoms with Gasteiger partial charge in [0.15, 0.2) is 5.96 Å². The Labute approximate surface area is 185 Å². The number of hydrogen-bond donors (Lipinski definition) is 1. The van der Waals surface area contributed by atoms with E-state index in [1.165, 1.54) is 5.56 Å². The number of ether oxygens (including phenoxy) is 2. The van der Waals surface area contributed by atoms with E-state index in [4.69, 9.17) is 15.2 Å². The van der Waals surface area contributed by atoms with Crippen molar-refractivity contribution >= 4 is 36.0 Å². The minimum Gasteiger partial charge on any atom is -0.497 e. The standard InChI is InChI=1S/C20H32N4O3.HI/c1-20(2,3)27-19(25)24-13-11-23(12-14-24)18(21)22-10-6-8-16-7-5-9-17(15-16)26-4;/h5,7,9,15H,6,8,10-14H2,1-4H3,(H2,21,22);1H. The highest BCUT2D eigenvalue weighted by molar-refractivity contribution is 14.0. The molecule has 0 aliphatic carbocycles. The van der Waals surface area contributed by atoms with Crippen LogP contribution in [0.1, 0.15) is 32.8 Å². The molecule has 1 fully saturated rings. The lowest BCUT2D eigenvalue weighted by Gasteiger charge is -2.36. The molecule has 28 heavy (non-hydrogen) atoms. The van der Waals surface area contributed by atoms with Crippen LogP contribution in [0, 0.1) is 0 Å². The molecule has 0 spiro atoms. The molecular weight excluding hydrogens is 471 g/mol. The van der Waals surface area contributed by atoms with Gasteiger partial charge >= 0.3 is 6.09 Å². The van der Waals surface area contributed by atoms with Crippen LogP contribution in [0.4, 0.5) is 4.79 Å². The molecule has 8 heteroatoms. The number of carbonyl (C=O) groups excluding carboxylic acids is 1. The highest BCUT2D eigenvalue weighted by Gasteiger charge is 2.26. The molecule has 0 aromatic heterocycles. The summed E-state index contributed by atoms with van der Waals surface area (Å²) >= 11 is 0. The molecule has 158 valence electrons. The van der Waals surface area contributed by atoms with Crippen molar-refractivity contribution in [3.8, 4) is 5.75 Å². The Balaban J connectivity index is 0.00000392. The number of nitrogens with two attached hydrogens (primary N) is 1. The van der Waals surface area contributed by atoms with Crippen LogP contribution in [0.25, 0.3) is 0 Å². The maximum Gasteiger partial charge on any atom is 0.410 e. The van der Waals surface area contributed by atoms with Crippen LogP contribution < -0.4 is 10.5 Å². The van der Waals surface area contributed by atoms with Crippen molar-refractivity contribution in [2.45, 2.75) is 39.2 Å². The van der Waals surface area contributed by atoms with E-state index < -0.39 is 5.60 Å². The van der Waals surface area contributed by atoms with Crippen molar-refractivity contribution in [1.29, 1.82) is 0 Å². The highest BCUT2D eigenvalue weighted by Crippen LogP contribution is 2.14. The zero-order valence-electron chi connectivity index (χ0n) is 17.3. The minimum atomic E-state index is -0.475. The van der Waals surface area contributed by atoms with E-state index in [0.717, 1.165) is 18.6 Å². The first-order valence-electron chi connectivity index (χ1n) is 9.44. The number of nitrogens with zero attached hydrogens (tertiary/aromatic N) is 3. The molecule has 0 radical (unpaired) electrons. The summed E-state index contributed by atoms with van der Waals surface area (Å²) in [6.07, 6.45) is 1.59. The second-order valence-corrected chi connectivity index (χ2v) is 7.65. The number of rotatable bonds is 5. The Morgan fingerprint density at radius 2 is 1.82 bits per heavy atom. The number of piperazine rings is 1. The Kier molecular flexibility index (Phi) is 9.84. The van der Waals surface area contributed by atoms with Crippen LogP contribution in [0.5, 0.6) is 5.75 Å². The van der Waals surface area contributed by atoms with Gasteiger partial charge in [-0.15, -0.1) is 24.0 Å². The summed E-state index contributed by atoms with van der Waals surface area (Å²) in [6.45, 7) is 8.82. The molecule has 1 aromatic carbocycles. The number of carbonyl (C=O) groups is 1. The number of amides is 1. The molecule has 0 unspecified atom stereocenters. The number of guanidine groups is 1. The first-order valence-corrected chi connectivity index (χ1v) is 9.44. The quantitative estimate of drug-likeness (QED) is 0.289. The van der Waals surface area contributed by atoms with Gasteiger partial charge in [-0.25, -0.2) is 4.79 Å². The maximum absolute atomic E-state index is 12.1. The van der Waals surface area contributed by atoms with Gasteiger partial charge in [0.1, 0.15) is 11.4 Å². The van der Waals surface area contributed by atoms with Crippen molar-refractivity contribution in [1.82, 2.24) is 9.80 Å². The van der Waals surface area contributed by atoms with Crippen LogP contribution in [-0.2, 0) is 11.2 Å². The Hall–Kier alpha value is -1.71. The van der Waals surface area contributed by atoms with Crippen molar-refractivity contribution in [3.63, 3.8) is 0 Å². The molecule has 0 atom stereocenters. The summed E-state index contributed by atoms with van der Waals surface area (Å²) in [5, 5.41) is 0. The van der Waals surface area contributed by atoms with Gasteiger partial charge in [0.2, 0.25) is 0 Å². The van der Waals surface area contributed by atoms with E-state index in [2.05, 4.69) is 11.1 Å². The normalized spacial score (nSPS) is 15.1. The molecular formula is C20H33IN4O3. The fraction of sp³-hybridized carbons (Fsp3) is 0.600. The summed E-state index contributed by atoms with van der Waals surface area (Å²) in [7, 11) is 1.67. The second-order valence-electron chi connectivity index (χ2n) is 7.65. The van der Waals surface area contributed by atoms with E-state index >= 15 is 0 Å². The van der Waals surface area contributed by atoms with E-state index in [1.54, 1.807) is 12.0 Å². The van der Waals surface area contributed by atoms with Gasteiger partial charge in [-0.05, 0) is 51.3 Å². The van der Waals surface area contributed by atoms with Gasteiger partial charge in [-0.3, -0.25) is 4.99 Å². The molecule has 1 saturated heterocycles. The van der Waals surface area contributed by atoms with Crippen molar-refractivity contribution in [3.05, 3.63) is 29.8 Å². The van der Waals surface area contributed by atoms with Gasteiger partial charge in [0.05, 0.1) is 7.11 Å². The van der Waals surface area contributed by atoms with E-state index in [1.807, 2.05) is 43.9 Å². The number of hydrogen-bond acceptors (Lipinski definition) is 4. The lowest BCUT2D eigenvalue weighted by molar-refractivity contribution is 0.0186. The Morgan fingerprint density at radius 3 is 2.43 bits per heavy atom. The molecule has 7 nitrogen and oxygen atoms in total. The minimum absolute atomic E-state index is 0. The highest BCUT2D eigenvalue weighted by atomic mass is 127. The molecule has 1 aliphatic rings. The van der Waals surface area contributed by atoms with E-state index in [9.17, 15) is 4.79 Å². The third-order valence-electron chi connectivity index (χ3n) is 4.29. The largest absolute Gasteiger partial charge is 0.497 e. The van der Waals surface area contributed by atoms with Crippen LogP contribution >= 0.6 is 24.0 Å². The topological polar surface area (TPSA) is 80.4 Å². The number of halogens is 1. The van der Waals surface area contributed by atoms with E-state index in [-0.39, 0.29) is 30.1 Å². The molecule has 2 N–H and O–H groups in total. The molecule has 2 rings (SSSR count). The Morgan fingerprint density at radius 1 is 1.18 bits per heavy atom. The van der Waals surface area contributed by atoms with Gasteiger partial charge in [0.25, 0.3) is 0 Å². The SMILES string of the molecule is COc1cccc(CCCN=C(N)N2CCN(C(=O)OC(C)(C)C)CC2)c1.I. The first-order chi connectivity index (χ1) is 12.8. The Bertz CT molecular complexity index is 653.